The molecule has 1 unspecified atom stereocenters. The Morgan fingerprint density at radius 3 is 2.90 bits per heavy atom. The highest BCUT2D eigenvalue weighted by atomic mass is 19.1. The number of amides is 1. The highest BCUT2D eigenvalue weighted by Crippen LogP contribution is 2.22. The maximum Gasteiger partial charge on any atom is 0.254 e. The fourth-order valence-corrected chi connectivity index (χ4v) is 2.07. The van der Waals surface area contributed by atoms with E-state index in [2.05, 4.69) is 5.32 Å². The molecule has 0 aliphatic carbocycles. The Kier molecular flexibility index (Phi) is 4.20. The molecule has 3 N–H and O–H groups in total. The summed E-state index contributed by atoms with van der Waals surface area (Å²) in [6.07, 6.45) is 0.623. The molecule has 0 aromatic heterocycles. The van der Waals surface area contributed by atoms with Crippen molar-refractivity contribution in [3.63, 3.8) is 0 Å². The molecule has 1 aromatic carbocycles. The van der Waals surface area contributed by atoms with E-state index in [0.717, 1.165) is 12.1 Å². The molecule has 0 spiro atoms. The molecule has 1 heterocycles. The molecule has 5 nitrogen and oxygen atoms in total. The summed E-state index contributed by atoms with van der Waals surface area (Å²) in [6.45, 7) is 1.03. The van der Waals surface area contributed by atoms with Gasteiger partial charge in [-0.3, -0.25) is 4.79 Å². The van der Waals surface area contributed by atoms with Crippen LogP contribution in [0.3, 0.4) is 0 Å². The highest BCUT2D eigenvalue weighted by molar-refractivity contribution is 5.95. The van der Waals surface area contributed by atoms with Gasteiger partial charge >= 0.3 is 0 Å². The number of rotatable bonds is 4. The van der Waals surface area contributed by atoms with Gasteiger partial charge in [0.2, 0.25) is 0 Å². The average Bonchev–Trinajstić information content (AvgIpc) is 2.89. The first-order valence-electron chi connectivity index (χ1n) is 6.13. The van der Waals surface area contributed by atoms with E-state index in [1.165, 1.54) is 7.11 Å². The lowest BCUT2D eigenvalue weighted by molar-refractivity contribution is -0.0149. The fraction of sp³-hybridized carbons (Fsp3) is 0.462. The monoisotopic (exact) mass is 286 g/mol. The number of nitrogens with one attached hydrogen (secondary N) is 1. The minimum atomic E-state index is -0.932. The highest BCUT2D eigenvalue weighted by Gasteiger charge is 2.35. The van der Waals surface area contributed by atoms with Crippen molar-refractivity contribution in [3.8, 4) is 0 Å². The van der Waals surface area contributed by atoms with Crippen LogP contribution < -0.4 is 11.1 Å². The van der Waals surface area contributed by atoms with Crippen LogP contribution in [0.15, 0.2) is 12.1 Å². The summed E-state index contributed by atoms with van der Waals surface area (Å²) in [4.78, 5) is 11.9. The lowest BCUT2D eigenvalue weighted by Crippen LogP contribution is -2.45. The van der Waals surface area contributed by atoms with Crippen LogP contribution in [0.5, 0.6) is 0 Å². The lowest BCUT2D eigenvalue weighted by Gasteiger charge is -2.25. The van der Waals surface area contributed by atoms with E-state index in [9.17, 15) is 13.6 Å². The summed E-state index contributed by atoms with van der Waals surface area (Å²) in [6, 6.07) is 1.64. The van der Waals surface area contributed by atoms with Crippen LogP contribution in [0.25, 0.3) is 0 Å². The molecule has 0 bridgehead atoms. The summed E-state index contributed by atoms with van der Waals surface area (Å²) < 4.78 is 37.4. The smallest absolute Gasteiger partial charge is 0.254 e. The number of hydrogen-bond donors (Lipinski definition) is 2. The molecule has 1 aromatic rings. The van der Waals surface area contributed by atoms with Gasteiger partial charge in [0, 0.05) is 26.7 Å². The molecule has 7 heteroatoms. The van der Waals surface area contributed by atoms with Crippen molar-refractivity contribution in [2.24, 2.45) is 0 Å². The molecular formula is C13H16F2N2O3. The third-order valence-corrected chi connectivity index (χ3v) is 3.38. The number of anilines is 1. The number of nitrogen functional groups attached to an aromatic ring is 1. The van der Waals surface area contributed by atoms with Crippen molar-refractivity contribution in [3.05, 3.63) is 29.3 Å². The summed E-state index contributed by atoms with van der Waals surface area (Å²) in [5.74, 6) is -2.44. The van der Waals surface area contributed by atoms with Crippen molar-refractivity contribution in [2.75, 3.05) is 32.6 Å². The fourth-order valence-electron chi connectivity index (χ4n) is 2.07. The van der Waals surface area contributed by atoms with E-state index in [4.69, 9.17) is 15.2 Å². The van der Waals surface area contributed by atoms with E-state index < -0.39 is 34.4 Å². The second kappa shape index (κ2) is 5.72. The Morgan fingerprint density at radius 1 is 1.55 bits per heavy atom. The molecule has 1 aliphatic rings. The minimum absolute atomic E-state index is 0.151. The van der Waals surface area contributed by atoms with Gasteiger partial charge in [0.05, 0.1) is 17.9 Å². The summed E-state index contributed by atoms with van der Waals surface area (Å²) in [7, 11) is 1.52. The number of nitrogens with two attached hydrogens (primary N) is 1. The number of ether oxygens (including phenoxy) is 2. The average molecular weight is 286 g/mol. The van der Waals surface area contributed by atoms with Gasteiger partial charge in [0.1, 0.15) is 11.4 Å². The predicted octanol–water partition coefficient (Wildman–Crippen LogP) is 1.08. The molecule has 110 valence electrons. The van der Waals surface area contributed by atoms with Crippen LogP contribution in [-0.2, 0) is 9.47 Å². The third kappa shape index (κ3) is 2.88. The van der Waals surface area contributed by atoms with Crippen molar-refractivity contribution in [1.82, 2.24) is 5.32 Å². The first-order valence-corrected chi connectivity index (χ1v) is 6.13. The van der Waals surface area contributed by atoms with Crippen LogP contribution in [-0.4, -0.2) is 38.4 Å². The molecular weight excluding hydrogens is 270 g/mol. The molecule has 1 saturated heterocycles. The van der Waals surface area contributed by atoms with Gasteiger partial charge in [-0.25, -0.2) is 8.78 Å². The topological polar surface area (TPSA) is 73.6 Å². The summed E-state index contributed by atoms with van der Waals surface area (Å²) >= 11 is 0. The van der Waals surface area contributed by atoms with Crippen molar-refractivity contribution < 1.29 is 23.0 Å². The first-order chi connectivity index (χ1) is 9.47. The molecule has 0 radical (unpaired) electrons. The number of carbonyl (C=O) groups excluding carboxylic acids is 1. The van der Waals surface area contributed by atoms with E-state index in [1.807, 2.05) is 0 Å². The van der Waals surface area contributed by atoms with Gasteiger partial charge < -0.3 is 20.5 Å². The normalized spacial score (nSPS) is 21.9. The molecule has 1 fully saturated rings. The standard InChI is InChI=1S/C13H16F2N2O3/c1-19-13(2-3-20-7-13)6-17-12(18)9-4-8(14)5-10(16)11(9)15/h4-5H,2-3,6-7,16H2,1H3,(H,17,18). The van der Waals surface area contributed by atoms with E-state index >= 15 is 0 Å². The number of benzene rings is 1. The number of hydrogen-bond acceptors (Lipinski definition) is 4. The van der Waals surface area contributed by atoms with E-state index in [1.54, 1.807) is 0 Å². The second-order valence-electron chi connectivity index (χ2n) is 4.73. The SMILES string of the molecule is COC1(CNC(=O)c2cc(F)cc(N)c2F)CCOC1. The zero-order chi connectivity index (χ0) is 14.8. The van der Waals surface area contributed by atoms with E-state index in [0.29, 0.717) is 19.6 Å². The maximum absolute atomic E-state index is 13.7. The van der Waals surface area contributed by atoms with Gasteiger partial charge in [0.15, 0.2) is 5.82 Å². The second-order valence-corrected chi connectivity index (χ2v) is 4.73. The number of methoxy groups -OCH3 is 1. The molecule has 0 saturated carbocycles. The van der Waals surface area contributed by atoms with Gasteiger partial charge in [-0.2, -0.15) is 0 Å². The zero-order valence-corrected chi connectivity index (χ0v) is 11.0. The van der Waals surface area contributed by atoms with Crippen LogP contribution in [0, 0.1) is 11.6 Å². The minimum Gasteiger partial charge on any atom is -0.396 e. The Hall–Kier alpha value is -1.73. The third-order valence-electron chi connectivity index (χ3n) is 3.38. The van der Waals surface area contributed by atoms with Crippen molar-refractivity contribution in [1.29, 1.82) is 0 Å². The van der Waals surface area contributed by atoms with Gasteiger partial charge in [-0.1, -0.05) is 0 Å². The Morgan fingerprint density at radius 2 is 2.30 bits per heavy atom. The largest absolute Gasteiger partial charge is 0.396 e. The van der Waals surface area contributed by atoms with Crippen LogP contribution in [0.1, 0.15) is 16.8 Å². The molecule has 1 amide bonds. The molecule has 2 rings (SSSR count). The number of carbonyl (C=O) groups is 1. The van der Waals surface area contributed by atoms with Gasteiger partial charge in [-0.15, -0.1) is 0 Å². The lowest BCUT2D eigenvalue weighted by atomic mass is 10.0. The quantitative estimate of drug-likeness (QED) is 0.812. The van der Waals surface area contributed by atoms with Crippen molar-refractivity contribution in [2.45, 2.75) is 12.0 Å². The Balaban J connectivity index is 2.09. The van der Waals surface area contributed by atoms with Gasteiger partial charge in [0.25, 0.3) is 5.91 Å². The van der Waals surface area contributed by atoms with Gasteiger partial charge in [-0.05, 0) is 12.1 Å². The Labute approximate surface area is 115 Å². The van der Waals surface area contributed by atoms with Crippen LogP contribution >= 0.6 is 0 Å². The maximum atomic E-state index is 13.7. The summed E-state index contributed by atoms with van der Waals surface area (Å²) in [5, 5.41) is 2.52. The molecule has 1 atom stereocenters. The first kappa shape index (κ1) is 14.7. The predicted molar refractivity (Wildman–Crippen MR) is 68.3 cm³/mol. The molecule has 20 heavy (non-hydrogen) atoms. The van der Waals surface area contributed by atoms with Crippen molar-refractivity contribution >= 4 is 11.6 Å². The molecule has 1 aliphatic heterocycles. The van der Waals surface area contributed by atoms with E-state index in [-0.39, 0.29) is 6.54 Å². The Bertz CT molecular complexity index is 517. The van der Waals surface area contributed by atoms with Crippen LogP contribution in [0.4, 0.5) is 14.5 Å². The van der Waals surface area contributed by atoms with Crippen LogP contribution in [0.2, 0.25) is 0 Å². The summed E-state index contributed by atoms with van der Waals surface area (Å²) in [5.41, 5.74) is 3.84. The zero-order valence-electron chi connectivity index (χ0n) is 11.0. The number of halogens is 2.